The minimum absolute atomic E-state index is 0.315. The molecule has 1 heterocycles. The first-order valence-corrected chi connectivity index (χ1v) is 3.78. The summed E-state index contributed by atoms with van der Waals surface area (Å²) in [6, 6.07) is 0. The standard InChI is InChI=1S/C6H10OS/c1-4-3-5(2)8-6(4)7/h4-5H,3H2,1-2H3/t4-,5-/m0/s1. The average molecular weight is 130 g/mol. The second-order valence-electron chi connectivity index (χ2n) is 2.38. The Balaban J connectivity index is 2.51. The fourth-order valence-corrected chi connectivity index (χ4v) is 2.07. The molecule has 0 radical (unpaired) electrons. The molecule has 0 unspecified atom stereocenters. The first kappa shape index (κ1) is 6.14. The summed E-state index contributed by atoms with van der Waals surface area (Å²) < 4.78 is 0. The van der Waals surface area contributed by atoms with E-state index in [0.29, 0.717) is 16.3 Å². The van der Waals surface area contributed by atoms with Gasteiger partial charge in [0, 0.05) is 11.2 Å². The van der Waals surface area contributed by atoms with Crippen molar-refractivity contribution in [2.75, 3.05) is 0 Å². The molecule has 0 N–H and O–H groups in total. The van der Waals surface area contributed by atoms with Crippen molar-refractivity contribution in [3.8, 4) is 0 Å². The van der Waals surface area contributed by atoms with Crippen LogP contribution in [0.1, 0.15) is 20.3 Å². The summed E-state index contributed by atoms with van der Waals surface area (Å²) in [5.74, 6) is 0.315. The Morgan fingerprint density at radius 3 is 2.38 bits per heavy atom. The van der Waals surface area contributed by atoms with Crippen molar-refractivity contribution in [3.63, 3.8) is 0 Å². The summed E-state index contributed by atoms with van der Waals surface area (Å²) in [7, 11) is 0. The van der Waals surface area contributed by atoms with Crippen LogP contribution < -0.4 is 0 Å². The van der Waals surface area contributed by atoms with Gasteiger partial charge in [-0.25, -0.2) is 0 Å². The van der Waals surface area contributed by atoms with E-state index in [1.54, 1.807) is 0 Å². The smallest absolute Gasteiger partial charge is 0.192 e. The monoisotopic (exact) mass is 130 g/mol. The summed E-state index contributed by atoms with van der Waals surface area (Å²) in [5, 5.41) is 0.940. The number of carbonyl (C=O) groups excluding carboxylic acids is 1. The van der Waals surface area contributed by atoms with Crippen LogP contribution in [0.5, 0.6) is 0 Å². The zero-order valence-electron chi connectivity index (χ0n) is 5.18. The molecule has 1 fully saturated rings. The molecular formula is C6H10OS. The van der Waals surface area contributed by atoms with Gasteiger partial charge in [0.25, 0.3) is 0 Å². The van der Waals surface area contributed by atoms with E-state index < -0.39 is 0 Å². The molecule has 0 aromatic heterocycles. The van der Waals surface area contributed by atoms with E-state index in [-0.39, 0.29) is 0 Å². The quantitative estimate of drug-likeness (QED) is 0.496. The van der Waals surface area contributed by atoms with Gasteiger partial charge >= 0.3 is 0 Å². The first-order chi connectivity index (χ1) is 3.70. The number of rotatable bonds is 0. The molecule has 0 aromatic rings. The van der Waals surface area contributed by atoms with Gasteiger partial charge in [-0.15, -0.1) is 0 Å². The minimum atomic E-state index is 0.315. The summed E-state index contributed by atoms with van der Waals surface area (Å²) >= 11 is 1.49. The normalized spacial score (nSPS) is 38.5. The molecule has 2 heteroatoms. The van der Waals surface area contributed by atoms with Crippen LogP contribution in [-0.2, 0) is 4.79 Å². The molecular weight excluding hydrogens is 120 g/mol. The number of carbonyl (C=O) groups is 1. The Labute approximate surface area is 53.8 Å². The predicted octanol–water partition coefficient (Wildman–Crippen LogP) is 1.67. The maximum Gasteiger partial charge on any atom is 0.192 e. The molecule has 46 valence electrons. The highest BCUT2D eigenvalue weighted by atomic mass is 32.2. The van der Waals surface area contributed by atoms with Gasteiger partial charge < -0.3 is 0 Å². The minimum Gasteiger partial charge on any atom is -0.287 e. The van der Waals surface area contributed by atoms with Crippen LogP contribution >= 0.6 is 11.8 Å². The molecule has 0 aromatic carbocycles. The SMILES string of the molecule is C[C@H]1C[C@H](C)C(=O)S1. The summed E-state index contributed by atoms with van der Waals surface area (Å²) in [4.78, 5) is 10.7. The zero-order valence-corrected chi connectivity index (χ0v) is 5.99. The lowest BCUT2D eigenvalue weighted by Gasteiger charge is -1.92. The molecule has 0 spiro atoms. The highest BCUT2D eigenvalue weighted by Gasteiger charge is 2.26. The van der Waals surface area contributed by atoms with E-state index in [4.69, 9.17) is 0 Å². The highest BCUT2D eigenvalue weighted by Crippen LogP contribution is 2.31. The van der Waals surface area contributed by atoms with Crippen molar-refractivity contribution in [2.24, 2.45) is 5.92 Å². The molecule has 0 amide bonds. The van der Waals surface area contributed by atoms with Gasteiger partial charge in [-0.3, -0.25) is 4.79 Å². The Bertz CT molecular complexity index is 111. The van der Waals surface area contributed by atoms with E-state index in [1.165, 1.54) is 11.8 Å². The van der Waals surface area contributed by atoms with Crippen molar-refractivity contribution in [1.82, 2.24) is 0 Å². The molecule has 2 atom stereocenters. The second-order valence-corrected chi connectivity index (χ2v) is 3.83. The molecule has 1 aliphatic rings. The van der Waals surface area contributed by atoms with E-state index >= 15 is 0 Å². The zero-order chi connectivity index (χ0) is 6.15. The Hall–Kier alpha value is 0.0200. The van der Waals surface area contributed by atoms with Gasteiger partial charge in [-0.05, 0) is 6.42 Å². The Kier molecular flexibility index (Phi) is 1.61. The highest BCUT2D eigenvalue weighted by molar-refractivity contribution is 8.14. The predicted molar refractivity (Wildman–Crippen MR) is 35.8 cm³/mol. The fraction of sp³-hybridized carbons (Fsp3) is 0.833. The van der Waals surface area contributed by atoms with Crippen LogP contribution in [0.25, 0.3) is 0 Å². The lowest BCUT2D eigenvalue weighted by atomic mass is 10.1. The number of hydrogen-bond donors (Lipinski definition) is 0. The van der Waals surface area contributed by atoms with E-state index in [2.05, 4.69) is 6.92 Å². The molecule has 1 rings (SSSR count). The first-order valence-electron chi connectivity index (χ1n) is 2.90. The second kappa shape index (κ2) is 2.09. The Morgan fingerprint density at radius 2 is 2.25 bits per heavy atom. The van der Waals surface area contributed by atoms with Crippen LogP contribution in [-0.4, -0.2) is 10.4 Å². The van der Waals surface area contributed by atoms with Crippen LogP contribution in [0.4, 0.5) is 0 Å². The van der Waals surface area contributed by atoms with Crippen molar-refractivity contribution >= 4 is 16.9 Å². The summed E-state index contributed by atoms with van der Waals surface area (Å²) in [5.41, 5.74) is 0. The van der Waals surface area contributed by atoms with Crippen molar-refractivity contribution in [1.29, 1.82) is 0 Å². The van der Waals surface area contributed by atoms with Gasteiger partial charge in [-0.2, -0.15) is 0 Å². The number of thioether (sulfide) groups is 1. The molecule has 0 bridgehead atoms. The summed E-state index contributed by atoms with van der Waals surface area (Å²) in [6.07, 6.45) is 1.07. The Morgan fingerprint density at radius 1 is 1.62 bits per heavy atom. The third-order valence-electron chi connectivity index (χ3n) is 1.41. The summed E-state index contributed by atoms with van der Waals surface area (Å²) in [6.45, 7) is 4.10. The van der Waals surface area contributed by atoms with Crippen LogP contribution in [0, 0.1) is 5.92 Å². The lowest BCUT2D eigenvalue weighted by molar-refractivity contribution is -0.113. The van der Waals surface area contributed by atoms with Gasteiger partial charge in [0.15, 0.2) is 5.12 Å². The van der Waals surface area contributed by atoms with E-state index in [0.717, 1.165) is 6.42 Å². The fourth-order valence-electron chi connectivity index (χ4n) is 0.957. The van der Waals surface area contributed by atoms with Crippen molar-refractivity contribution < 1.29 is 4.79 Å². The van der Waals surface area contributed by atoms with Crippen molar-refractivity contribution in [2.45, 2.75) is 25.5 Å². The molecule has 8 heavy (non-hydrogen) atoms. The van der Waals surface area contributed by atoms with Crippen LogP contribution in [0.3, 0.4) is 0 Å². The van der Waals surface area contributed by atoms with E-state index in [9.17, 15) is 4.79 Å². The van der Waals surface area contributed by atoms with Gasteiger partial charge in [0.05, 0.1) is 0 Å². The molecule has 1 nitrogen and oxygen atoms in total. The third-order valence-corrected chi connectivity index (χ3v) is 2.63. The molecule has 1 aliphatic heterocycles. The molecule has 0 aliphatic carbocycles. The van der Waals surface area contributed by atoms with Gasteiger partial charge in [0.1, 0.15) is 0 Å². The van der Waals surface area contributed by atoms with Crippen molar-refractivity contribution in [3.05, 3.63) is 0 Å². The van der Waals surface area contributed by atoms with Crippen LogP contribution in [0.15, 0.2) is 0 Å². The lowest BCUT2D eigenvalue weighted by Crippen LogP contribution is -1.96. The van der Waals surface area contributed by atoms with E-state index in [1.807, 2.05) is 6.92 Å². The maximum absolute atomic E-state index is 10.7. The number of hydrogen-bond acceptors (Lipinski definition) is 2. The molecule has 0 saturated carbocycles. The van der Waals surface area contributed by atoms with Gasteiger partial charge in [-0.1, -0.05) is 25.6 Å². The average Bonchev–Trinajstić information content (AvgIpc) is 1.85. The third kappa shape index (κ3) is 1.05. The molecule has 1 saturated heterocycles. The topological polar surface area (TPSA) is 17.1 Å². The van der Waals surface area contributed by atoms with Gasteiger partial charge in [0.2, 0.25) is 0 Å². The largest absolute Gasteiger partial charge is 0.287 e. The maximum atomic E-state index is 10.7. The van der Waals surface area contributed by atoms with Crippen LogP contribution in [0.2, 0.25) is 0 Å².